The van der Waals surface area contributed by atoms with Crippen LogP contribution < -0.4 is 10.2 Å². The van der Waals surface area contributed by atoms with E-state index in [2.05, 4.69) is 5.32 Å². The molecule has 0 bridgehead atoms. The molecule has 1 saturated heterocycles. The Balaban J connectivity index is 1.81. The molecular formula is C13H15N2O2+. The number of nitrogens with zero attached hydrogens (tertiary/aromatic N) is 1. The number of nitrogens with two attached hydrogens (primary N) is 1. The van der Waals surface area contributed by atoms with E-state index in [0.717, 1.165) is 0 Å². The first-order valence-electron chi connectivity index (χ1n) is 6.02. The van der Waals surface area contributed by atoms with Gasteiger partial charge in [0.2, 0.25) is 5.91 Å². The summed E-state index contributed by atoms with van der Waals surface area (Å²) < 4.78 is 0. The van der Waals surface area contributed by atoms with E-state index in [9.17, 15) is 9.59 Å². The second kappa shape index (κ2) is 3.96. The molecule has 1 aliphatic carbocycles. The topological polar surface area (TPSA) is 54.0 Å². The predicted molar refractivity (Wildman–Crippen MR) is 62.3 cm³/mol. The fourth-order valence-electron chi connectivity index (χ4n) is 2.27. The van der Waals surface area contributed by atoms with Crippen LogP contribution in [0.15, 0.2) is 30.3 Å². The van der Waals surface area contributed by atoms with Crippen molar-refractivity contribution < 1.29 is 14.9 Å². The maximum atomic E-state index is 12.2. The van der Waals surface area contributed by atoms with Gasteiger partial charge < -0.3 is 5.32 Å². The van der Waals surface area contributed by atoms with Crippen molar-refractivity contribution in [2.24, 2.45) is 0 Å². The van der Waals surface area contributed by atoms with E-state index in [1.165, 1.54) is 17.7 Å². The molecule has 2 aliphatic rings. The van der Waals surface area contributed by atoms with Crippen molar-refractivity contribution >= 4 is 17.5 Å². The van der Waals surface area contributed by atoms with Crippen LogP contribution >= 0.6 is 0 Å². The van der Waals surface area contributed by atoms with Crippen LogP contribution in [-0.4, -0.2) is 23.9 Å². The zero-order valence-corrected chi connectivity index (χ0v) is 9.50. The van der Waals surface area contributed by atoms with Gasteiger partial charge in [-0.15, -0.1) is 0 Å². The van der Waals surface area contributed by atoms with Gasteiger partial charge in [0.05, 0.1) is 18.2 Å². The van der Waals surface area contributed by atoms with Crippen molar-refractivity contribution in [3.8, 4) is 0 Å². The van der Waals surface area contributed by atoms with Gasteiger partial charge in [-0.25, -0.2) is 4.90 Å². The molecule has 0 radical (unpaired) electrons. The van der Waals surface area contributed by atoms with E-state index >= 15 is 0 Å². The molecule has 3 rings (SSSR count). The summed E-state index contributed by atoms with van der Waals surface area (Å²) in [6.45, 7) is 0. The fourth-order valence-corrected chi connectivity index (χ4v) is 2.27. The first kappa shape index (κ1) is 10.5. The minimum Gasteiger partial charge on any atom is -0.333 e. The van der Waals surface area contributed by atoms with Gasteiger partial charge in [0.1, 0.15) is 0 Å². The highest BCUT2D eigenvalue weighted by atomic mass is 16.2. The zero-order valence-electron chi connectivity index (χ0n) is 9.50. The average molecular weight is 231 g/mol. The molecule has 2 fully saturated rings. The Kier molecular flexibility index (Phi) is 2.44. The number of anilines is 1. The molecule has 4 nitrogen and oxygen atoms in total. The smallest absolute Gasteiger partial charge is 0.292 e. The van der Waals surface area contributed by atoms with E-state index in [1.807, 2.05) is 18.2 Å². The van der Waals surface area contributed by atoms with Crippen molar-refractivity contribution in [1.82, 2.24) is 0 Å². The Hall–Kier alpha value is -1.68. The first-order valence-corrected chi connectivity index (χ1v) is 6.02. The molecule has 1 atom stereocenters. The van der Waals surface area contributed by atoms with Crippen LogP contribution in [0.2, 0.25) is 0 Å². The third kappa shape index (κ3) is 1.96. The van der Waals surface area contributed by atoms with Gasteiger partial charge in [-0.2, -0.15) is 0 Å². The summed E-state index contributed by atoms with van der Waals surface area (Å²) in [5.74, 6) is -0.142. The number of hydrogen-bond donors (Lipinski definition) is 1. The number of carbonyl (C=O) groups excluding carboxylic acids is 2. The molecule has 1 aromatic rings. The maximum Gasteiger partial charge on any atom is 0.292 e. The van der Waals surface area contributed by atoms with E-state index in [4.69, 9.17) is 0 Å². The maximum absolute atomic E-state index is 12.2. The Bertz CT molecular complexity index is 454. The second-order valence-electron chi connectivity index (χ2n) is 4.74. The summed E-state index contributed by atoms with van der Waals surface area (Å²) in [4.78, 5) is 25.4. The molecule has 17 heavy (non-hydrogen) atoms. The summed E-state index contributed by atoms with van der Waals surface area (Å²) >= 11 is 0. The van der Waals surface area contributed by atoms with Crippen LogP contribution in [0.5, 0.6) is 0 Å². The number of amides is 2. The van der Waals surface area contributed by atoms with Crippen molar-refractivity contribution in [3.05, 3.63) is 30.3 Å². The van der Waals surface area contributed by atoms with Crippen molar-refractivity contribution in [1.29, 1.82) is 0 Å². The fraction of sp³-hybridized carbons (Fsp3) is 0.385. The molecular weight excluding hydrogens is 216 g/mol. The third-order valence-corrected chi connectivity index (χ3v) is 3.32. The van der Waals surface area contributed by atoms with Gasteiger partial charge in [-0.3, -0.25) is 9.59 Å². The SMILES string of the molecule is O=C1C[C@@H]([NH2+]C2CC2)C(=O)N1c1ccccc1. The van der Waals surface area contributed by atoms with Crippen LogP contribution in [0.4, 0.5) is 5.69 Å². The summed E-state index contributed by atoms with van der Waals surface area (Å²) in [7, 11) is 0. The lowest BCUT2D eigenvalue weighted by molar-refractivity contribution is -0.687. The number of quaternary nitrogens is 1. The lowest BCUT2D eigenvalue weighted by atomic mass is 10.2. The first-order chi connectivity index (χ1) is 8.25. The quantitative estimate of drug-likeness (QED) is 0.747. The van der Waals surface area contributed by atoms with Gasteiger partial charge in [0.25, 0.3) is 5.91 Å². The monoisotopic (exact) mass is 231 g/mol. The number of benzene rings is 1. The second-order valence-corrected chi connectivity index (χ2v) is 4.74. The summed E-state index contributed by atoms with van der Waals surface area (Å²) in [5.41, 5.74) is 0.689. The minimum absolute atomic E-state index is 0.0619. The van der Waals surface area contributed by atoms with Crippen molar-refractivity contribution in [2.45, 2.75) is 31.3 Å². The van der Waals surface area contributed by atoms with Gasteiger partial charge in [0, 0.05) is 12.8 Å². The van der Waals surface area contributed by atoms with Crippen molar-refractivity contribution in [2.75, 3.05) is 4.90 Å². The number of carbonyl (C=O) groups is 2. The number of hydrogen-bond acceptors (Lipinski definition) is 2. The van der Waals surface area contributed by atoms with E-state index in [-0.39, 0.29) is 17.9 Å². The standard InChI is InChI=1S/C13H14N2O2/c16-12-8-11(14-9-6-7-9)13(17)15(12)10-4-2-1-3-5-10/h1-5,9,11,14H,6-8H2/p+1/t11-/m1/s1. The van der Waals surface area contributed by atoms with Gasteiger partial charge in [-0.1, -0.05) is 18.2 Å². The Morgan fingerprint density at radius 2 is 1.82 bits per heavy atom. The molecule has 2 N–H and O–H groups in total. The van der Waals surface area contributed by atoms with Crippen LogP contribution in [0.3, 0.4) is 0 Å². The summed E-state index contributed by atoms with van der Waals surface area (Å²) in [5, 5.41) is 2.06. The highest BCUT2D eigenvalue weighted by Crippen LogP contribution is 2.22. The molecule has 1 heterocycles. The number of para-hydroxylation sites is 1. The largest absolute Gasteiger partial charge is 0.333 e. The van der Waals surface area contributed by atoms with Gasteiger partial charge in [-0.05, 0) is 12.1 Å². The van der Waals surface area contributed by atoms with Gasteiger partial charge >= 0.3 is 0 Å². The number of rotatable bonds is 3. The Morgan fingerprint density at radius 1 is 1.12 bits per heavy atom. The summed E-state index contributed by atoms with van der Waals surface area (Å²) in [6, 6.07) is 9.52. The van der Waals surface area contributed by atoms with Crippen LogP contribution in [0.25, 0.3) is 0 Å². The van der Waals surface area contributed by atoms with Crippen LogP contribution in [-0.2, 0) is 9.59 Å². The summed E-state index contributed by atoms with van der Waals surface area (Å²) in [6.07, 6.45) is 2.68. The normalized spacial score (nSPS) is 24.5. The number of imide groups is 1. The molecule has 0 aromatic heterocycles. The van der Waals surface area contributed by atoms with Crippen LogP contribution in [0.1, 0.15) is 19.3 Å². The molecule has 0 spiro atoms. The average Bonchev–Trinajstić information content (AvgIpc) is 3.09. The highest BCUT2D eigenvalue weighted by molar-refractivity contribution is 6.21. The Morgan fingerprint density at radius 3 is 2.47 bits per heavy atom. The van der Waals surface area contributed by atoms with E-state index in [0.29, 0.717) is 18.2 Å². The molecule has 88 valence electrons. The van der Waals surface area contributed by atoms with Crippen LogP contribution in [0, 0.1) is 0 Å². The molecule has 0 unspecified atom stereocenters. The third-order valence-electron chi connectivity index (χ3n) is 3.32. The van der Waals surface area contributed by atoms with E-state index in [1.54, 1.807) is 12.1 Å². The molecule has 1 aromatic carbocycles. The van der Waals surface area contributed by atoms with Gasteiger partial charge in [0.15, 0.2) is 6.04 Å². The predicted octanol–water partition coefficient (Wildman–Crippen LogP) is 0.0443. The Labute approximate surface area is 99.6 Å². The zero-order chi connectivity index (χ0) is 11.8. The lowest BCUT2D eigenvalue weighted by Gasteiger charge is -2.13. The molecule has 1 aliphatic heterocycles. The minimum atomic E-state index is -0.199. The lowest BCUT2D eigenvalue weighted by Crippen LogP contribution is -2.93. The highest BCUT2D eigenvalue weighted by Gasteiger charge is 2.44. The van der Waals surface area contributed by atoms with Crippen molar-refractivity contribution in [3.63, 3.8) is 0 Å². The molecule has 4 heteroatoms. The molecule has 1 saturated carbocycles. The molecule has 2 amide bonds. The van der Waals surface area contributed by atoms with E-state index < -0.39 is 0 Å².